The molecule has 0 bridgehead atoms. The average molecular weight is 249 g/mol. The first-order valence-corrected chi connectivity index (χ1v) is 6.95. The zero-order chi connectivity index (χ0) is 12.9. The molecule has 1 heteroatoms. The first kappa shape index (κ1) is 12.2. The second-order valence-electron chi connectivity index (χ2n) is 5.06. The Bertz CT molecular complexity index is 530. The second kappa shape index (κ2) is 5.85. The smallest absolute Gasteiger partial charge is 0.0322 e. The van der Waals surface area contributed by atoms with E-state index in [4.69, 9.17) is 0 Å². The van der Waals surface area contributed by atoms with E-state index >= 15 is 0 Å². The van der Waals surface area contributed by atoms with Crippen LogP contribution in [0.3, 0.4) is 0 Å². The predicted molar refractivity (Wildman–Crippen MR) is 81.1 cm³/mol. The van der Waals surface area contributed by atoms with Crippen LogP contribution in [0.5, 0.6) is 0 Å². The summed E-state index contributed by atoms with van der Waals surface area (Å²) in [6.45, 7) is 1.10. The van der Waals surface area contributed by atoms with E-state index in [1.807, 2.05) is 0 Å². The van der Waals surface area contributed by atoms with Crippen molar-refractivity contribution in [3.05, 3.63) is 77.9 Å². The summed E-state index contributed by atoms with van der Waals surface area (Å²) in [4.78, 5) is 0. The molecule has 19 heavy (non-hydrogen) atoms. The molecule has 0 radical (unpaired) electrons. The summed E-state index contributed by atoms with van der Waals surface area (Å²) >= 11 is 0. The molecule has 0 saturated carbocycles. The Labute approximate surface area is 115 Å². The Morgan fingerprint density at radius 3 is 2.32 bits per heavy atom. The van der Waals surface area contributed by atoms with Crippen molar-refractivity contribution in [3.8, 4) is 0 Å². The number of rotatable bonds is 3. The molecule has 1 saturated heterocycles. The van der Waals surface area contributed by atoms with Gasteiger partial charge in [-0.2, -0.15) is 0 Å². The van der Waals surface area contributed by atoms with Crippen LogP contribution in [0.15, 0.2) is 66.7 Å². The van der Waals surface area contributed by atoms with Gasteiger partial charge >= 0.3 is 0 Å². The van der Waals surface area contributed by atoms with E-state index in [-0.39, 0.29) is 0 Å². The molecule has 0 amide bonds. The predicted octanol–water partition coefficient (Wildman–Crippen LogP) is 3.85. The molecule has 1 heterocycles. The Hall–Kier alpha value is -1.86. The number of hydrogen-bond acceptors (Lipinski definition) is 1. The van der Waals surface area contributed by atoms with Crippen molar-refractivity contribution < 1.29 is 0 Å². The van der Waals surface area contributed by atoms with Crippen LogP contribution in [-0.2, 0) is 0 Å². The zero-order valence-electron chi connectivity index (χ0n) is 11.0. The SMILES string of the molecule is C(=C[C@H]1NCC[C@H]1c1ccccc1)c1ccccc1. The molecular weight excluding hydrogens is 230 g/mol. The molecular formula is C18H19N. The lowest BCUT2D eigenvalue weighted by Gasteiger charge is -2.16. The molecule has 0 unspecified atom stereocenters. The summed E-state index contributed by atoms with van der Waals surface area (Å²) in [7, 11) is 0. The Morgan fingerprint density at radius 1 is 0.895 bits per heavy atom. The maximum Gasteiger partial charge on any atom is 0.0322 e. The highest BCUT2D eigenvalue weighted by Crippen LogP contribution is 2.28. The van der Waals surface area contributed by atoms with Gasteiger partial charge in [0.15, 0.2) is 0 Å². The van der Waals surface area contributed by atoms with Gasteiger partial charge in [0.2, 0.25) is 0 Å². The highest BCUT2D eigenvalue weighted by Gasteiger charge is 2.25. The highest BCUT2D eigenvalue weighted by molar-refractivity contribution is 5.50. The quantitative estimate of drug-likeness (QED) is 0.871. The molecule has 2 aromatic carbocycles. The van der Waals surface area contributed by atoms with Crippen LogP contribution >= 0.6 is 0 Å². The molecule has 96 valence electrons. The van der Waals surface area contributed by atoms with Crippen LogP contribution in [0.4, 0.5) is 0 Å². The number of benzene rings is 2. The minimum Gasteiger partial charge on any atom is -0.310 e. The van der Waals surface area contributed by atoms with E-state index in [9.17, 15) is 0 Å². The third kappa shape index (κ3) is 2.94. The standard InChI is InChI=1S/C18H19N/c1-3-7-15(8-4-1)11-12-18-17(13-14-19-18)16-9-5-2-6-10-16/h1-12,17-19H,13-14H2/t17-,18+/m0/s1. The number of nitrogens with one attached hydrogen (secondary N) is 1. The molecule has 0 aliphatic carbocycles. The lowest BCUT2D eigenvalue weighted by atomic mass is 9.91. The molecule has 2 atom stereocenters. The normalized spacial score (nSPS) is 22.9. The van der Waals surface area contributed by atoms with Crippen LogP contribution in [0.25, 0.3) is 6.08 Å². The molecule has 3 rings (SSSR count). The third-order valence-electron chi connectivity index (χ3n) is 3.79. The van der Waals surface area contributed by atoms with Crippen LogP contribution in [0.1, 0.15) is 23.5 Å². The molecule has 2 aromatic rings. The third-order valence-corrected chi connectivity index (χ3v) is 3.79. The van der Waals surface area contributed by atoms with E-state index in [0.717, 1.165) is 6.54 Å². The van der Waals surface area contributed by atoms with Crippen LogP contribution in [-0.4, -0.2) is 12.6 Å². The molecule has 0 spiro atoms. The van der Waals surface area contributed by atoms with Crippen molar-refractivity contribution in [3.63, 3.8) is 0 Å². The molecule has 1 aliphatic heterocycles. The van der Waals surface area contributed by atoms with Gasteiger partial charge in [-0.1, -0.05) is 72.8 Å². The Morgan fingerprint density at radius 2 is 1.58 bits per heavy atom. The molecule has 0 aromatic heterocycles. The summed E-state index contributed by atoms with van der Waals surface area (Å²) in [5, 5.41) is 3.59. The minimum atomic E-state index is 0.447. The summed E-state index contributed by atoms with van der Waals surface area (Å²) in [5.41, 5.74) is 2.71. The number of hydrogen-bond donors (Lipinski definition) is 1. The van der Waals surface area contributed by atoms with Gasteiger partial charge in [0.25, 0.3) is 0 Å². The summed E-state index contributed by atoms with van der Waals surface area (Å²) in [6.07, 6.45) is 5.74. The molecule has 1 fully saturated rings. The van der Waals surface area contributed by atoms with E-state index < -0.39 is 0 Å². The maximum atomic E-state index is 3.59. The second-order valence-corrected chi connectivity index (χ2v) is 5.06. The van der Waals surface area contributed by atoms with E-state index in [2.05, 4.69) is 78.1 Å². The van der Waals surface area contributed by atoms with Crippen molar-refractivity contribution in [1.29, 1.82) is 0 Å². The first-order chi connectivity index (χ1) is 9.43. The van der Waals surface area contributed by atoms with Gasteiger partial charge in [0.05, 0.1) is 0 Å². The van der Waals surface area contributed by atoms with Crippen molar-refractivity contribution in [1.82, 2.24) is 5.32 Å². The van der Waals surface area contributed by atoms with Gasteiger partial charge in [-0.3, -0.25) is 0 Å². The summed E-state index contributed by atoms with van der Waals surface area (Å²) in [5.74, 6) is 0.598. The van der Waals surface area contributed by atoms with Gasteiger partial charge in [-0.15, -0.1) is 0 Å². The van der Waals surface area contributed by atoms with Crippen LogP contribution in [0.2, 0.25) is 0 Å². The molecule has 1 N–H and O–H groups in total. The van der Waals surface area contributed by atoms with Crippen LogP contribution < -0.4 is 5.32 Å². The van der Waals surface area contributed by atoms with Gasteiger partial charge in [0, 0.05) is 12.0 Å². The van der Waals surface area contributed by atoms with E-state index in [1.165, 1.54) is 17.5 Å². The Balaban J connectivity index is 1.75. The maximum absolute atomic E-state index is 3.59. The fourth-order valence-corrected chi connectivity index (χ4v) is 2.78. The molecule has 1 aliphatic rings. The van der Waals surface area contributed by atoms with Crippen molar-refractivity contribution >= 4 is 6.08 Å². The van der Waals surface area contributed by atoms with Gasteiger partial charge in [-0.25, -0.2) is 0 Å². The zero-order valence-corrected chi connectivity index (χ0v) is 11.0. The summed E-state index contributed by atoms with van der Waals surface area (Å²) in [6, 6.07) is 21.8. The minimum absolute atomic E-state index is 0.447. The molecule has 1 nitrogen and oxygen atoms in total. The van der Waals surface area contributed by atoms with Crippen molar-refractivity contribution in [2.45, 2.75) is 18.4 Å². The fraction of sp³-hybridized carbons (Fsp3) is 0.222. The van der Waals surface area contributed by atoms with Crippen molar-refractivity contribution in [2.24, 2.45) is 0 Å². The lowest BCUT2D eigenvalue weighted by Crippen LogP contribution is -2.23. The van der Waals surface area contributed by atoms with Gasteiger partial charge in [-0.05, 0) is 24.1 Å². The topological polar surface area (TPSA) is 12.0 Å². The van der Waals surface area contributed by atoms with Crippen LogP contribution in [0, 0.1) is 0 Å². The fourth-order valence-electron chi connectivity index (χ4n) is 2.78. The first-order valence-electron chi connectivity index (χ1n) is 6.95. The van der Waals surface area contributed by atoms with Gasteiger partial charge < -0.3 is 5.32 Å². The van der Waals surface area contributed by atoms with Gasteiger partial charge in [0.1, 0.15) is 0 Å². The largest absolute Gasteiger partial charge is 0.310 e. The van der Waals surface area contributed by atoms with E-state index in [1.54, 1.807) is 0 Å². The monoisotopic (exact) mass is 249 g/mol. The lowest BCUT2D eigenvalue weighted by molar-refractivity contribution is 0.650. The van der Waals surface area contributed by atoms with Crippen molar-refractivity contribution in [2.75, 3.05) is 6.54 Å². The highest BCUT2D eigenvalue weighted by atomic mass is 14.9. The van der Waals surface area contributed by atoms with E-state index in [0.29, 0.717) is 12.0 Å². The summed E-state index contributed by atoms with van der Waals surface area (Å²) < 4.78 is 0. The average Bonchev–Trinajstić information content (AvgIpc) is 2.95. The Kier molecular flexibility index (Phi) is 3.75.